The third-order valence-corrected chi connectivity index (χ3v) is 5.64. The third kappa shape index (κ3) is 5.65. The van der Waals surface area contributed by atoms with Crippen molar-refractivity contribution in [3.63, 3.8) is 0 Å². The number of hydrogen-bond donors (Lipinski definition) is 1. The molecule has 0 saturated carbocycles. The van der Waals surface area contributed by atoms with Gasteiger partial charge in [0.15, 0.2) is 0 Å². The summed E-state index contributed by atoms with van der Waals surface area (Å²) >= 11 is 1.60. The number of nitrogens with one attached hydrogen (secondary N) is 1. The van der Waals surface area contributed by atoms with Crippen LogP contribution in [0.3, 0.4) is 0 Å². The van der Waals surface area contributed by atoms with Crippen molar-refractivity contribution >= 4 is 22.9 Å². The Kier molecular flexibility index (Phi) is 6.69. The van der Waals surface area contributed by atoms with Crippen molar-refractivity contribution in [2.75, 3.05) is 5.32 Å². The molecule has 0 saturated heterocycles. The summed E-state index contributed by atoms with van der Waals surface area (Å²) in [6, 6.07) is 19.0. The second-order valence-electron chi connectivity index (χ2n) is 7.27. The summed E-state index contributed by atoms with van der Waals surface area (Å²) in [4.78, 5) is 13.5. The quantitative estimate of drug-likeness (QED) is 0.400. The molecule has 6 heteroatoms. The molecular weight excluding hydrogens is 420 g/mol. The second-order valence-corrected chi connectivity index (χ2v) is 8.22. The van der Waals surface area contributed by atoms with E-state index in [2.05, 4.69) is 22.3 Å². The van der Waals surface area contributed by atoms with Crippen LogP contribution in [0.1, 0.15) is 33.0 Å². The maximum Gasteiger partial charge on any atom is 0.228 e. The van der Waals surface area contributed by atoms with Crippen LogP contribution < -0.4 is 10.1 Å². The average molecular weight is 443 g/mol. The van der Waals surface area contributed by atoms with Crippen molar-refractivity contribution in [1.29, 1.82) is 0 Å². The molecule has 1 amide bonds. The molecule has 32 heavy (non-hydrogen) atoms. The highest BCUT2D eigenvalue weighted by atomic mass is 32.1. The van der Waals surface area contributed by atoms with Gasteiger partial charge in [-0.2, -0.15) is 0 Å². The van der Waals surface area contributed by atoms with Gasteiger partial charge in [0.1, 0.15) is 18.1 Å². The number of ether oxygens (including phenoxy) is 1. The van der Waals surface area contributed by atoms with E-state index < -0.39 is 0 Å². The molecule has 4 aromatic rings. The molecule has 1 N–H and O–H groups in total. The van der Waals surface area contributed by atoms with Crippen molar-refractivity contribution < 1.29 is 14.1 Å². The fourth-order valence-electron chi connectivity index (χ4n) is 3.12. The molecule has 0 fully saturated rings. The molecule has 5 nitrogen and oxygen atoms in total. The highest BCUT2D eigenvalue weighted by Crippen LogP contribution is 2.18. The summed E-state index contributed by atoms with van der Waals surface area (Å²) in [7, 11) is 0. The summed E-state index contributed by atoms with van der Waals surface area (Å²) in [5, 5.41) is 8.87. The first kappa shape index (κ1) is 21.4. The van der Waals surface area contributed by atoms with E-state index in [9.17, 15) is 4.79 Å². The minimum absolute atomic E-state index is 0.0854. The highest BCUT2D eigenvalue weighted by molar-refractivity contribution is 7.10. The van der Waals surface area contributed by atoms with E-state index in [1.165, 1.54) is 0 Å². The van der Waals surface area contributed by atoms with Crippen molar-refractivity contribution in [2.45, 2.75) is 26.9 Å². The van der Waals surface area contributed by atoms with Crippen LogP contribution in [-0.2, 0) is 17.8 Å². The number of carbonyl (C=O) groups is 1. The van der Waals surface area contributed by atoms with Gasteiger partial charge in [-0.05, 0) is 61.2 Å². The van der Waals surface area contributed by atoms with Gasteiger partial charge in [-0.15, -0.1) is 11.3 Å². The van der Waals surface area contributed by atoms with Crippen LogP contribution >= 0.6 is 11.3 Å². The molecule has 0 aliphatic rings. The predicted molar refractivity (Wildman–Crippen MR) is 126 cm³/mol. The fraction of sp³-hybridized carbons (Fsp3) is 0.154. The van der Waals surface area contributed by atoms with E-state index in [0.29, 0.717) is 6.61 Å². The molecule has 0 unspecified atom stereocenters. The molecule has 160 valence electrons. The zero-order valence-corrected chi connectivity index (χ0v) is 18.7. The van der Waals surface area contributed by atoms with E-state index in [1.54, 1.807) is 11.3 Å². The molecule has 2 aromatic carbocycles. The second kappa shape index (κ2) is 9.99. The number of anilines is 1. The zero-order valence-electron chi connectivity index (χ0n) is 17.8. The van der Waals surface area contributed by atoms with Gasteiger partial charge in [0, 0.05) is 11.3 Å². The van der Waals surface area contributed by atoms with Crippen LogP contribution in [0.5, 0.6) is 5.75 Å². The molecule has 0 aliphatic heterocycles. The smallest absolute Gasteiger partial charge is 0.228 e. The summed E-state index contributed by atoms with van der Waals surface area (Å²) in [6.07, 6.45) is 0.273. The molecule has 0 atom stereocenters. The lowest BCUT2D eigenvalue weighted by Crippen LogP contribution is -2.14. The largest absolute Gasteiger partial charge is 0.489 e. The average Bonchev–Trinajstić information content (AvgIpc) is 3.42. The fourth-order valence-corrected chi connectivity index (χ4v) is 3.69. The third-order valence-electron chi connectivity index (χ3n) is 4.85. The first-order chi connectivity index (χ1) is 15.6. The maximum absolute atomic E-state index is 12.5. The Bertz CT molecular complexity index is 1240. The monoisotopic (exact) mass is 442 g/mol. The lowest BCUT2D eigenvalue weighted by atomic mass is 10.1. The lowest BCUT2D eigenvalue weighted by molar-refractivity contribution is -0.115. The summed E-state index contributed by atoms with van der Waals surface area (Å²) in [5.41, 5.74) is 4.28. The van der Waals surface area contributed by atoms with E-state index in [-0.39, 0.29) is 12.3 Å². The Morgan fingerprint density at radius 1 is 1.09 bits per heavy atom. The normalized spacial score (nSPS) is 10.3. The van der Waals surface area contributed by atoms with Crippen molar-refractivity contribution in [3.8, 4) is 17.6 Å². The number of benzene rings is 2. The molecule has 0 radical (unpaired) electrons. The lowest BCUT2D eigenvalue weighted by Gasteiger charge is -2.08. The van der Waals surface area contributed by atoms with Gasteiger partial charge in [-0.1, -0.05) is 41.3 Å². The van der Waals surface area contributed by atoms with Crippen molar-refractivity contribution in [1.82, 2.24) is 5.16 Å². The molecule has 2 heterocycles. The van der Waals surface area contributed by atoms with Crippen LogP contribution in [0.25, 0.3) is 0 Å². The van der Waals surface area contributed by atoms with E-state index >= 15 is 0 Å². The topological polar surface area (TPSA) is 64.4 Å². The van der Waals surface area contributed by atoms with Gasteiger partial charge in [-0.3, -0.25) is 4.79 Å². The van der Waals surface area contributed by atoms with Crippen molar-refractivity contribution in [3.05, 3.63) is 99.1 Å². The minimum Gasteiger partial charge on any atom is -0.489 e. The van der Waals surface area contributed by atoms with E-state index in [1.807, 2.05) is 79.9 Å². The number of thiophene rings is 1. The molecular formula is C26H22N2O3S. The van der Waals surface area contributed by atoms with Crippen LogP contribution in [0.4, 0.5) is 5.69 Å². The van der Waals surface area contributed by atoms with Crippen LogP contribution in [0, 0.1) is 25.7 Å². The summed E-state index contributed by atoms with van der Waals surface area (Å²) < 4.78 is 11.0. The number of carbonyl (C=O) groups excluding carboxylic acids is 1. The number of nitrogens with zero attached hydrogens (tertiary/aromatic N) is 1. The molecule has 0 bridgehead atoms. The van der Waals surface area contributed by atoms with Gasteiger partial charge >= 0.3 is 0 Å². The van der Waals surface area contributed by atoms with E-state index in [4.69, 9.17) is 9.26 Å². The molecule has 0 aliphatic carbocycles. The Morgan fingerprint density at radius 3 is 2.66 bits per heavy atom. The SMILES string of the molecule is Cc1noc(C)c1COc1ccc(CC(=O)Nc2cccc(C#Cc3cccs3)c2)cc1. The van der Waals surface area contributed by atoms with Gasteiger partial charge in [-0.25, -0.2) is 0 Å². The van der Waals surface area contributed by atoms with Gasteiger partial charge in [0.05, 0.1) is 22.6 Å². The number of aromatic nitrogens is 1. The first-order valence-corrected chi connectivity index (χ1v) is 11.0. The Morgan fingerprint density at radius 2 is 1.94 bits per heavy atom. The highest BCUT2D eigenvalue weighted by Gasteiger charge is 2.10. The minimum atomic E-state index is -0.0854. The van der Waals surface area contributed by atoms with Crippen molar-refractivity contribution in [2.24, 2.45) is 0 Å². The van der Waals surface area contributed by atoms with Crippen LogP contribution in [0.2, 0.25) is 0 Å². The van der Waals surface area contributed by atoms with Gasteiger partial charge in [0.25, 0.3) is 0 Å². The molecule has 2 aromatic heterocycles. The Balaban J connectivity index is 1.32. The van der Waals surface area contributed by atoms with Crippen LogP contribution in [-0.4, -0.2) is 11.1 Å². The number of amides is 1. The number of aryl methyl sites for hydroxylation is 2. The number of rotatable bonds is 6. The van der Waals surface area contributed by atoms with Gasteiger partial charge in [0.2, 0.25) is 5.91 Å². The van der Waals surface area contributed by atoms with Crippen LogP contribution in [0.15, 0.2) is 70.6 Å². The number of hydrogen-bond acceptors (Lipinski definition) is 5. The standard InChI is InChI=1S/C26H22N2O3S/c1-18-25(19(2)31-28-18)17-30-23-11-8-21(9-12-23)16-26(29)27-22-6-3-5-20(15-22)10-13-24-7-4-14-32-24/h3-9,11-12,14-15H,16-17H2,1-2H3,(H,27,29). The zero-order chi connectivity index (χ0) is 22.3. The predicted octanol–water partition coefficient (Wildman–Crippen LogP) is 5.51. The maximum atomic E-state index is 12.5. The summed E-state index contributed by atoms with van der Waals surface area (Å²) in [6.45, 7) is 4.15. The van der Waals surface area contributed by atoms with E-state index in [0.717, 1.165) is 44.5 Å². The summed E-state index contributed by atoms with van der Waals surface area (Å²) in [5.74, 6) is 7.66. The molecule has 0 spiro atoms. The Labute approximate surface area is 191 Å². The Hall–Kier alpha value is -3.82. The molecule has 4 rings (SSSR count). The first-order valence-electron chi connectivity index (χ1n) is 10.2. The van der Waals surface area contributed by atoms with Gasteiger partial charge < -0.3 is 14.6 Å².